The van der Waals surface area contributed by atoms with Crippen molar-refractivity contribution in [1.82, 2.24) is 10.2 Å². The topological polar surface area (TPSA) is 15.3 Å². The summed E-state index contributed by atoms with van der Waals surface area (Å²) in [6.45, 7) is 3.91. The molecule has 2 nitrogen and oxygen atoms in total. The molecule has 0 spiro atoms. The van der Waals surface area contributed by atoms with Crippen molar-refractivity contribution in [2.75, 3.05) is 33.7 Å². The van der Waals surface area contributed by atoms with E-state index in [4.69, 9.17) is 0 Å². The fourth-order valence-corrected chi connectivity index (χ4v) is 2.84. The molecule has 1 aliphatic carbocycles. The van der Waals surface area contributed by atoms with Crippen molar-refractivity contribution in [2.45, 2.75) is 19.3 Å². The summed E-state index contributed by atoms with van der Waals surface area (Å²) >= 11 is 0. The predicted octanol–water partition coefficient (Wildman–Crippen LogP) is 1.18. The molecule has 0 radical (unpaired) electrons. The van der Waals surface area contributed by atoms with E-state index in [1.54, 1.807) is 0 Å². The summed E-state index contributed by atoms with van der Waals surface area (Å²) in [5, 5.41) is 3.36. The lowest BCUT2D eigenvalue weighted by molar-refractivity contribution is 0.0319. The van der Waals surface area contributed by atoms with E-state index in [2.05, 4.69) is 24.3 Å². The first kappa shape index (κ1) is 9.47. The molecular formula is C11H22N2. The Bertz CT molecular complexity index is 159. The number of nitrogens with zero attached hydrogens (tertiary/aromatic N) is 1. The number of nitrogens with one attached hydrogen (secondary N) is 1. The van der Waals surface area contributed by atoms with Crippen LogP contribution in [0.1, 0.15) is 19.3 Å². The van der Waals surface area contributed by atoms with Gasteiger partial charge in [0.1, 0.15) is 0 Å². The van der Waals surface area contributed by atoms with E-state index in [-0.39, 0.29) is 0 Å². The summed E-state index contributed by atoms with van der Waals surface area (Å²) < 4.78 is 0. The molecule has 1 N–H and O–H groups in total. The molecule has 1 heterocycles. The largest absolute Gasteiger partial charge is 0.319 e. The summed E-state index contributed by atoms with van der Waals surface area (Å²) in [5.41, 5.74) is 0. The second-order valence-electron chi connectivity index (χ2n) is 4.89. The van der Waals surface area contributed by atoms with Gasteiger partial charge >= 0.3 is 0 Å². The van der Waals surface area contributed by atoms with E-state index in [0.29, 0.717) is 0 Å². The van der Waals surface area contributed by atoms with Crippen LogP contribution in [0.2, 0.25) is 0 Å². The number of hydrogen-bond donors (Lipinski definition) is 1. The average molecular weight is 182 g/mol. The maximum Gasteiger partial charge on any atom is 0.00222 e. The maximum absolute atomic E-state index is 3.36. The van der Waals surface area contributed by atoms with E-state index in [1.807, 2.05) is 0 Å². The van der Waals surface area contributed by atoms with Gasteiger partial charge in [-0.15, -0.1) is 0 Å². The summed E-state index contributed by atoms with van der Waals surface area (Å²) in [6, 6.07) is 0. The molecule has 1 saturated heterocycles. The third-order valence-electron chi connectivity index (χ3n) is 3.89. The lowest BCUT2D eigenvalue weighted by atomic mass is 9.68. The zero-order valence-electron chi connectivity index (χ0n) is 8.92. The first-order chi connectivity index (χ1) is 6.31. The van der Waals surface area contributed by atoms with Crippen molar-refractivity contribution in [1.29, 1.82) is 0 Å². The van der Waals surface area contributed by atoms with Gasteiger partial charge in [0.15, 0.2) is 0 Å². The Morgan fingerprint density at radius 1 is 1.31 bits per heavy atom. The summed E-state index contributed by atoms with van der Waals surface area (Å²) in [7, 11) is 4.32. The van der Waals surface area contributed by atoms with Crippen molar-refractivity contribution < 1.29 is 0 Å². The van der Waals surface area contributed by atoms with Crippen LogP contribution < -0.4 is 5.32 Å². The number of rotatable bonds is 4. The molecule has 2 heteroatoms. The van der Waals surface area contributed by atoms with Gasteiger partial charge in [-0.2, -0.15) is 0 Å². The molecule has 0 aromatic carbocycles. The maximum atomic E-state index is 3.36. The van der Waals surface area contributed by atoms with E-state index in [0.717, 1.165) is 17.8 Å². The van der Waals surface area contributed by atoms with Crippen LogP contribution in [0.3, 0.4) is 0 Å². The van der Waals surface area contributed by atoms with Crippen molar-refractivity contribution in [3.63, 3.8) is 0 Å². The quantitative estimate of drug-likeness (QED) is 0.702. The van der Waals surface area contributed by atoms with Gasteiger partial charge in [-0.1, -0.05) is 19.3 Å². The first-order valence-corrected chi connectivity index (χ1v) is 5.64. The molecule has 76 valence electrons. The Morgan fingerprint density at radius 2 is 2.00 bits per heavy atom. The molecule has 0 bridgehead atoms. The molecule has 1 unspecified atom stereocenters. The fraction of sp³-hybridized carbons (Fsp3) is 1.00. The number of likely N-dealkylation sites (tertiary alicyclic amines) is 1. The monoisotopic (exact) mass is 182 g/mol. The highest BCUT2D eigenvalue weighted by Gasteiger charge is 2.37. The molecule has 2 fully saturated rings. The summed E-state index contributed by atoms with van der Waals surface area (Å²) in [4.78, 5) is 2.44. The highest BCUT2D eigenvalue weighted by Crippen LogP contribution is 2.39. The van der Waals surface area contributed by atoms with Crippen LogP contribution >= 0.6 is 0 Å². The zero-order chi connectivity index (χ0) is 9.26. The third kappa shape index (κ3) is 1.89. The molecule has 0 amide bonds. The third-order valence-corrected chi connectivity index (χ3v) is 3.89. The van der Waals surface area contributed by atoms with Gasteiger partial charge in [-0.25, -0.2) is 0 Å². The highest BCUT2D eigenvalue weighted by atomic mass is 15.2. The van der Waals surface area contributed by atoms with Crippen LogP contribution in [0.15, 0.2) is 0 Å². The van der Waals surface area contributed by atoms with E-state index in [1.165, 1.54) is 38.9 Å². The summed E-state index contributed by atoms with van der Waals surface area (Å²) in [5.74, 6) is 3.00. The predicted molar refractivity (Wildman–Crippen MR) is 55.7 cm³/mol. The van der Waals surface area contributed by atoms with Crippen LogP contribution in [-0.4, -0.2) is 38.6 Å². The van der Waals surface area contributed by atoms with E-state index < -0.39 is 0 Å². The lowest BCUT2D eigenvalue weighted by Gasteiger charge is -2.46. The molecular weight excluding hydrogens is 160 g/mol. The lowest BCUT2D eigenvalue weighted by Crippen LogP contribution is -2.52. The second-order valence-corrected chi connectivity index (χ2v) is 4.89. The van der Waals surface area contributed by atoms with Gasteiger partial charge in [-0.05, 0) is 38.4 Å². The van der Waals surface area contributed by atoms with Gasteiger partial charge in [-0.3, -0.25) is 0 Å². The SMILES string of the molecule is CNCC(C1CCC1)C1CN(C)C1. The van der Waals surface area contributed by atoms with E-state index in [9.17, 15) is 0 Å². The van der Waals surface area contributed by atoms with Crippen molar-refractivity contribution in [2.24, 2.45) is 17.8 Å². The molecule has 1 atom stereocenters. The van der Waals surface area contributed by atoms with Crippen LogP contribution in [0.5, 0.6) is 0 Å². The molecule has 2 aliphatic rings. The Balaban J connectivity index is 1.82. The molecule has 2 rings (SSSR count). The van der Waals surface area contributed by atoms with Gasteiger partial charge < -0.3 is 10.2 Å². The van der Waals surface area contributed by atoms with Crippen molar-refractivity contribution in [3.05, 3.63) is 0 Å². The number of hydrogen-bond acceptors (Lipinski definition) is 2. The highest BCUT2D eigenvalue weighted by molar-refractivity contribution is 4.90. The van der Waals surface area contributed by atoms with Gasteiger partial charge in [0, 0.05) is 13.1 Å². The standard InChI is InChI=1S/C11H22N2/c1-12-6-11(9-4-3-5-9)10-7-13(2)8-10/h9-12H,3-8H2,1-2H3. The zero-order valence-corrected chi connectivity index (χ0v) is 8.92. The van der Waals surface area contributed by atoms with E-state index >= 15 is 0 Å². The average Bonchev–Trinajstić information content (AvgIpc) is 1.94. The van der Waals surface area contributed by atoms with Gasteiger partial charge in [0.2, 0.25) is 0 Å². The second kappa shape index (κ2) is 3.97. The van der Waals surface area contributed by atoms with Crippen LogP contribution in [0, 0.1) is 17.8 Å². The van der Waals surface area contributed by atoms with Crippen molar-refractivity contribution in [3.8, 4) is 0 Å². The Morgan fingerprint density at radius 3 is 2.38 bits per heavy atom. The van der Waals surface area contributed by atoms with Gasteiger partial charge in [0.25, 0.3) is 0 Å². The minimum atomic E-state index is 0.968. The smallest absolute Gasteiger partial charge is 0.00222 e. The van der Waals surface area contributed by atoms with Gasteiger partial charge in [0.05, 0.1) is 0 Å². The Hall–Kier alpha value is -0.0800. The normalized spacial score (nSPS) is 28.2. The molecule has 1 saturated carbocycles. The Kier molecular flexibility index (Phi) is 2.89. The fourth-order valence-electron chi connectivity index (χ4n) is 2.84. The van der Waals surface area contributed by atoms with Crippen LogP contribution in [0.25, 0.3) is 0 Å². The Labute approximate surface area is 81.7 Å². The minimum absolute atomic E-state index is 0.968. The minimum Gasteiger partial charge on any atom is -0.319 e. The molecule has 0 aromatic heterocycles. The summed E-state index contributed by atoms with van der Waals surface area (Å²) in [6.07, 6.45) is 4.46. The van der Waals surface area contributed by atoms with Crippen molar-refractivity contribution >= 4 is 0 Å². The van der Waals surface area contributed by atoms with Crippen LogP contribution in [-0.2, 0) is 0 Å². The van der Waals surface area contributed by atoms with Crippen LogP contribution in [0.4, 0.5) is 0 Å². The molecule has 13 heavy (non-hydrogen) atoms. The molecule has 1 aliphatic heterocycles. The first-order valence-electron chi connectivity index (χ1n) is 5.64. The molecule has 0 aromatic rings.